The molecule has 10 nitrogen and oxygen atoms in total. The number of hydrogen-bond acceptors (Lipinski definition) is 8. The number of nitrogens with one attached hydrogen (secondary N) is 1. The van der Waals surface area contributed by atoms with Crippen LogP contribution >= 0.6 is 11.3 Å². The van der Waals surface area contributed by atoms with Crippen molar-refractivity contribution in [3.63, 3.8) is 0 Å². The largest absolute Gasteiger partial charge is 0.378 e. The van der Waals surface area contributed by atoms with Gasteiger partial charge in [0, 0.05) is 36.8 Å². The normalized spacial score (nSPS) is 18.0. The SMILES string of the molecule is O=C(NC[C@H]1CCCO1)[C@@H](c1ccc(N2CCOCC2)cc1)N(Cc1cccs1)C(=O)Cn1nnc2ccccc21. The summed E-state index contributed by atoms with van der Waals surface area (Å²) in [6, 6.07) is 18.6. The van der Waals surface area contributed by atoms with Gasteiger partial charge >= 0.3 is 0 Å². The lowest BCUT2D eigenvalue weighted by Crippen LogP contribution is -2.46. The summed E-state index contributed by atoms with van der Waals surface area (Å²) in [5.74, 6) is -0.448. The molecule has 4 aromatic rings. The average Bonchev–Trinajstić information content (AvgIpc) is 3.80. The van der Waals surface area contributed by atoms with Gasteiger partial charge in [0.25, 0.3) is 0 Å². The van der Waals surface area contributed by atoms with Crippen LogP contribution in [0.5, 0.6) is 0 Å². The summed E-state index contributed by atoms with van der Waals surface area (Å²) in [5, 5.41) is 13.5. The number of carbonyl (C=O) groups is 2. The molecule has 4 heterocycles. The van der Waals surface area contributed by atoms with E-state index in [-0.39, 0.29) is 24.5 Å². The van der Waals surface area contributed by atoms with Gasteiger partial charge in [-0.2, -0.15) is 0 Å². The van der Waals surface area contributed by atoms with Gasteiger partial charge in [0.2, 0.25) is 11.8 Å². The van der Waals surface area contributed by atoms with Gasteiger partial charge in [-0.05, 0) is 54.1 Å². The Morgan fingerprint density at radius 3 is 2.63 bits per heavy atom. The predicted octanol–water partition coefficient (Wildman–Crippen LogP) is 3.39. The van der Waals surface area contributed by atoms with Gasteiger partial charge in [0.15, 0.2) is 0 Å². The number of fused-ring (bicyclic) bond motifs is 1. The Hall–Kier alpha value is -3.80. The lowest BCUT2D eigenvalue weighted by molar-refractivity contribution is -0.142. The van der Waals surface area contributed by atoms with Crippen molar-refractivity contribution in [1.82, 2.24) is 25.2 Å². The van der Waals surface area contributed by atoms with Crippen LogP contribution < -0.4 is 10.2 Å². The fourth-order valence-electron chi connectivity index (χ4n) is 5.43. The van der Waals surface area contributed by atoms with Crippen molar-refractivity contribution in [2.75, 3.05) is 44.4 Å². The summed E-state index contributed by atoms with van der Waals surface area (Å²) in [7, 11) is 0. The van der Waals surface area contributed by atoms with Gasteiger partial charge in [0.1, 0.15) is 18.1 Å². The third kappa shape index (κ3) is 6.42. The van der Waals surface area contributed by atoms with Crippen molar-refractivity contribution in [3.05, 3.63) is 76.5 Å². The molecule has 0 saturated carbocycles. The Balaban J connectivity index is 1.32. The van der Waals surface area contributed by atoms with E-state index in [9.17, 15) is 9.59 Å². The van der Waals surface area contributed by atoms with E-state index >= 15 is 0 Å². The smallest absolute Gasteiger partial charge is 0.247 e. The first-order valence-electron chi connectivity index (χ1n) is 14.1. The van der Waals surface area contributed by atoms with Crippen LogP contribution in [0.3, 0.4) is 0 Å². The molecule has 41 heavy (non-hydrogen) atoms. The highest BCUT2D eigenvalue weighted by Crippen LogP contribution is 2.28. The van der Waals surface area contributed by atoms with E-state index in [2.05, 4.69) is 20.5 Å². The quantitative estimate of drug-likeness (QED) is 0.310. The van der Waals surface area contributed by atoms with Gasteiger partial charge in [0.05, 0.1) is 31.4 Å². The fraction of sp³-hybridized carbons (Fsp3) is 0.400. The minimum absolute atomic E-state index is 0.00810. The Labute approximate surface area is 242 Å². The van der Waals surface area contributed by atoms with Crippen LogP contribution in [0.15, 0.2) is 66.0 Å². The van der Waals surface area contributed by atoms with E-state index < -0.39 is 6.04 Å². The molecule has 2 aromatic carbocycles. The number of rotatable bonds is 10. The highest BCUT2D eigenvalue weighted by Gasteiger charge is 2.33. The summed E-state index contributed by atoms with van der Waals surface area (Å²) in [6.07, 6.45) is 1.89. The molecule has 2 fully saturated rings. The van der Waals surface area contributed by atoms with Crippen LogP contribution in [0.1, 0.15) is 29.3 Å². The second-order valence-corrected chi connectivity index (χ2v) is 11.3. The summed E-state index contributed by atoms with van der Waals surface area (Å²) in [5.41, 5.74) is 3.31. The first-order valence-corrected chi connectivity index (χ1v) is 15.0. The first kappa shape index (κ1) is 27.4. The number of amides is 2. The van der Waals surface area contributed by atoms with E-state index in [4.69, 9.17) is 9.47 Å². The third-order valence-electron chi connectivity index (χ3n) is 7.60. The monoisotopic (exact) mass is 574 g/mol. The van der Waals surface area contributed by atoms with Crippen LogP contribution in [0.4, 0.5) is 5.69 Å². The molecule has 2 atom stereocenters. The molecule has 11 heteroatoms. The zero-order valence-corrected chi connectivity index (χ0v) is 23.7. The molecule has 0 aliphatic carbocycles. The van der Waals surface area contributed by atoms with E-state index in [0.717, 1.165) is 53.1 Å². The maximum Gasteiger partial charge on any atom is 0.247 e. The molecule has 1 N–H and O–H groups in total. The molecule has 0 unspecified atom stereocenters. The van der Waals surface area contributed by atoms with Crippen LogP contribution in [0, 0.1) is 0 Å². The molecule has 0 radical (unpaired) electrons. The highest BCUT2D eigenvalue weighted by atomic mass is 32.1. The highest BCUT2D eigenvalue weighted by molar-refractivity contribution is 7.09. The maximum atomic E-state index is 14.1. The second kappa shape index (κ2) is 12.8. The van der Waals surface area contributed by atoms with Gasteiger partial charge in [-0.15, -0.1) is 16.4 Å². The van der Waals surface area contributed by atoms with Gasteiger partial charge in [-0.25, -0.2) is 4.68 Å². The van der Waals surface area contributed by atoms with Crippen LogP contribution in [0.2, 0.25) is 0 Å². The molecule has 2 saturated heterocycles. The van der Waals surface area contributed by atoms with Crippen molar-refractivity contribution >= 4 is 39.9 Å². The number of benzene rings is 2. The van der Waals surface area contributed by atoms with Crippen molar-refractivity contribution in [1.29, 1.82) is 0 Å². The molecule has 2 aromatic heterocycles. The Morgan fingerprint density at radius 2 is 1.88 bits per heavy atom. The number of thiophene rings is 1. The van der Waals surface area contributed by atoms with E-state index in [0.29, 0.717) is 32.9 Å². The molecular weight excluding hydrogens is 540 g/mol. The summed E-state index contributed by atoms with van der Waals surface area (Å²) < 4.78 is 12.8. The Bertz CT molecular complexity index is 1450. The minimum Gasteiger partial charge on any atom is -0.378 e. The van der Waals surface area contributed by atoms with E-state index in [1.807, 2.05) is 66.0 Å². The Kier molecular flexibility index (Phi) is 8.54. The summed E-state index contributed by atoms with van der Waals surface area (Å²) in [6.45, 7) is 4.41. The number of ether oxygens (including phenoxy) is 2. The predicted molar refractivity (Wildman–Crippen MR) is 157 cm³/mol. The topological polar surface area (TPSA) is 102 Å². The fourth-order valence-corrected chi connectivity index (χ4v) is 6.13. The number of aromatic nitrogens is 3. The van der Waals surface area contributed by atoms with Crippen LogP contribution in [0.25, 0.3) is 11.0 Å². The molecule has 2 aliphatic heterocycles. The van der Waals surface area contributed by atoms with Crippen molar-refractivity contribution in [2.24, 2.45) is 0 Å². The van der Waals surface area contributed by atoms with Crippen LogP contribution in [-0.4, -0.2) is 77.3 Å². The van der Waals surface area contributed by atoms with Crippen molar-refractivity contribution < 1.29 is 19.1 Å². The third-order valence-corrected chi connectivity index (χ3v) is 8.47. The zero-order chi connectivity index (χ0) is 28.0. The van der Waals surface area contributed by atoms with Gasteiger partial charge < -0.3 is 24.6 Å². The molecule has 6 rings (SSSR count). The minimum atomic E-state index is -0.834. The number of hydrogen-bond donors (Lipinski definition) is 1. The van der Waals surface area contributed by atoms with Crippen LogP contribution in [-0.2, 0) is 32.2 Å². The van der Waals surface area contributed by atoms with Gasteiger partial charge in [-0.3, -0.25) is 9.59 Å². The van der Waals surface area contributed by atoms with Crippen molar-refractivity contribution in [3.8, 4) is 0 Å². The molecule has 0 spiro atoms. The van der Waals surface area contributed by atoms with E-state index in [1.54, 1.807) is 20.9 Å². The molecule has 2 amide bonds. The maximum absolute atomic E-state index is 14.1. The lowest BCUT2D eigenvalue weighted by atomic mass is 10.0. The summed E-state index contributed by atoms with van der Waals surface area (Å²) >= 11 is 1.56. The number of morpholine rings is 1. The van der Waals surface area contributed by atoms with E-state index in [1.165, 1.54) is 0 Å². The molecular formula is C30H34N6O4S. The average molecular weight is 575 g/mol. The number of anilines is 1. The summed E-state index contributed by atoms with van der Waals surface area (Å²) in [4.78, 5) is 33.0. The standard InChI is InChI=1S/C30H34N6O4S/c37-28(21-36-27-8-2-1-7-26(27)32-33-36)35(20-25-6-4-18-41-25)29(30(38)31-19-24-5-3-15-40-24)22-9-11-23(12-10-22)34-13-16-39-17-14-34/h1-2,4,6-12,18,24,29H,3,5,13-17,19-21H2,(H,31,38)/t24-,29-/m1/s1. The molecule has 0 bridgehead atoms. The Morgan fingerprint density at radius 1 is 1.05 bits per heavy atom. The molecule has 2 aliphatic rings. The van der Waals surface area contributed by atoms with Gasteiger partial charge in [-0.1, -0.05) is 35.5 Å². The number of para-hydroxylation sites is 1. The lowest BCUT2D eigenvalue weighted by Gasteiger charge is -2.32. The molecule has 214 valence electrons. The van der Waals surface area contributed by atoms with Crippen molar-refractivity contribution in [2.45, 2.75) is 38.1 Å². The number of carbonyl (C=O) groups excluding carboxylic acids is 2. The number of nitrogens with zero attached hydrogens (tertiary/aromatic N) is 5. The second-order valence-electron chi connectivity index (χ2n) is 10.3. The zero-order valence-electron chi connectivity index (χ0n) is 22.9. The first-order chi connectivity index (χ1) is 20.2.